The van der Waals surface area contributed by atoms with Crippen LogP contribution in [0.3, 0.4) is 0 Å². The van der Waals surface area contributed by atoms with Crippen LogP contribution in [0, 0.1) is 11.6 Å². The van der Waals surface area contributed by atoms with Crippen molar-refractivity contribution in [3.8, 4) is 11.4 Å². The zero-order chi connectivity index (χ0) is 23.4. The van der Waals surface area contributed by atoms with Gasteiger partial charge in [-0.1, -0.05) is 25.6 Å². The number of likely N-dealkylation sites (tertiary alicyclic amines) is 1. The molecule has 2 heterocycles. The molecule has 178 valence electrons. The number of nitrogens with zero attached hydrogens (tertiary/aromatic N) is 4. The molecule has 1 aliphatic heterocycles. The molecule has 4 rings (SSSR count). The van der Waals surface area contributed by atoms with Gasteiger partial charge in [0, 0.05) is 43.4 Å². The highest BCUT2D eigenvalue weighted by molar-refractivity contribution is 5.94. The summed E-state index contributed by atoms with van der Waals surface area (Å²) in [4.78, 5) is 36.9. The van der Waals surface area contributed by atoms with Crippen LogP contribution in [0.25, 0.3) is 11.4 Å². The second kappa shape index (κ2) is 10.8. The second-order valence-corrected chi connectivity index (χ2v) is 7.88. The number of rotatable bonds is 4. The van der Waals surface area contributed by atoms with Crippen molar-refractivity contribution in [2.24, 2.45) is 0 Å². The van der Waals surface area contributed by atoms with E-state index < -0.39 is 11.6 Å². The molecule has 0 radical (unpaired) electrons. The van der Waals surface area contributed by atoms with Gasteiger partial charge in [-0.2, -0.15) is 0 Å². The molecule has 1 N–H and O–H groups in total. The number of carbonyl (C=O) groups is 2. The molecule has 3 amide bonds. The van der Waals surface area contributed by atoms with Crippen LogP contribution in [0.15, 0.2) is 60.9 Å². The SMILES string of the molecule is C.CN(C(=O)Nc1cnc(-c2cc(F)cc(F)c2)nc1)C1CCN(C(=O)c2ccccc2)CC1. The predicted octanol–water partition coefficient (Wildman–Crippen LogP) is 4.83. The molecule has 9 heteroatoms. The summed E-state index contributed by atoms with van der Waals surface area (Å²) in [6.45, 7) is 1.13. The van der Waals surface area contributed by atoms with Crippen LogP contribution in [0.4, 0.5) is 19.3 Å². The Hall–Kier alpha value is -3.88. The van der Waals surface area contributed by atoms with Gasteiger partial charge in [0.1, 0.15) is 11.6 Å². The van der Waals surface area contributed by atoms with E-state index in [0.29, 0.717) is 37.2 Å². The van der Waals surface area contributed by atoms with E-state index in [4.69, 9.17) is 0 Å². The minimum atomic E-state index is -0.718. The predicted molar refractivity (Wildman–Crippen MR) is 126 cm³/mol. The van der Waals surface area contributed by atoms with E-state index in [1.807, 2.05) is 18.2 Å². The van der Waals surface area contributed by atoms with Crippen molar-refractivity contribution in [1.29, 1.82) is 0 Å². The van der Waals surface area contributed by atoms with Gasteiger partial charge in [0.2, 0.25) is 0 Å². The number of anilines is 1. The maximum Gasteiger partial charge on any atom is 0.321 e. The molecular formula is C25H27F2N5O2. The van der Waals surface area contributed by atoms with E-state index in [9.17, 15) is 18.4 Å². The van der Waals surface area contributed by atoms with E-state index in [1.165, 1.54) is 12.4 Å². The molecule has 0 atom stereocenters. The Morgan fingerprint density at radius 2 is 1.59 bits per heavy atom. The highest BCUT2D eigenvalue weighted by Crippen LogP contribution is 2.20. The largest absolute Gasteiger partial charge is 0.338 e. The summed E-state index contributed by atoms with van der Waals surface area (Å²) in [5.41, 5.74) is 1.23. The molecule has 0 unspecified atom stereocenters. The van der Waals surface area contributed by atoms with Gasteiger partial charge in [-0.25, -0.2) is 23.5 Å². The number of carbonyl (C=O) groups excluding carboxylic acids is 2. The van der Waals surface area contributed by atoms with Crippen LogP contribution < -0.4 is 5.32 Å². The number of benzene rings is 2. The molecule has 1 saturated heterocycles. The van der Waals surface area contributed by atoms with Crippen LogP contribution >= 0.6 is 0 Å². The van der Waals surface area contributed by atoms with Crippen molar-refractivity contribution in [3.63, 3.8) is 0 Å². The fourth-order valence-corrected chi connectivity index (χ4v) is 3.82. The lowest BCUT2D eigenvalue weighted by Gasteiger charge is -2.36. The lowest BCUT2D eigenvalue weighted by Crippen LogP contribution is -2.48. The van der Waals surface area contributed by atoms with Gasteiger partial charge in [-0.05, 0) is 37.1 Å². The van der Waals surface area contributed by atoms with Gasteiger partial charge < -0.3 is 15.1 Å². The second-order valence-electron chi connectivity index (χ2n) is 7.88. The quantitative estimate of drug-likeness (QED) is 0.596. The third kappa shape index (κ3) is 5.72. The summed E-state index contributed by atoms with van der Waals surface area (Å²) < 4.78 is 26.8. The monoisotopic (exact) mass is 467 g/mol. The van der Waals surface area contributed by atoms with Gasteiger partial charge in [0.05, 0.1) is 18.1 Å². The molecule has 1 aliphatic rings. The number of aromatic nitrogens is 2. The van der Waals surface area contributed by atoms with E-state index >= 15 is 0 Å². The zero-order valence-electron chi connectivity index (χ0n) is 18.0. The average Bonchev–Trinajstić information content (AvgIpc) is 2.83. The fraction of sp³-hybridized carbons (Fsp3) is 0.280. The van der Waals surface area contributed by atoms with Crippen molar-refractivity contribution >= 4 is 17.6 Å². The summed E-state index contributed by atoms with van der Waals surface area (Å²) in [6.07, 6.45) is 4.11. The minimum Gasteiger partial charge on any atom is -0.338 e. The van der Waals surface area contributed by atoms with Crippen molar-refractivity contribution in [2.45, 2.75) is 26.3 Å². The summed E-state index contributed by atoms with van der Waals surface area (Å²) in [5.74, 6) is -1.29. The molecule has 0 bridgehead atoms. The van der Waals surface area contributed by atoms with Gasteiger partial charge in [-0.3, -0.25) is 4.79 Å². The number of hydrogen-bond donors (Lipinski definition) is 1. The molecule has 0 aliphatic carbocycles. The molecular weight excluding hydrogens is 440 g/mol. The van der Waals surface area contributed by atoms with Crippen LogP contribution in [0.2, 0.25) is 0 Å². The van der Waals surface area contributed by atoms with Gasteiger partial charge in [0.15, 0.2) is 5.82 Å². The Kier molecular flexibility index (Phi) is 7.88. The molecule has 1 fully saturated rings. The molecule has 0 spiro atoms. The number of hydrogen-bond acceptors (Lipinski definition) is 4. The first-order valence-corrected chi connectivity index (χ1v) is 10.6. The number of amides is 3. The fourth-order valence-electron chi connectivity index (χ4n) is 3.82. The molecule has 1 aromatic heterocycles. The van der Waals surface area contributed by atoms with Crippen molar-refractivity contribution in [3.05, 3.63) is 78.1 Å². The standard InChI is InChI=1S/C24H23F2N5O2.CH4/c1-30(21-7-9-31(10-8-21)23(32)16-5-3-2-4-6-16)24(33)29-20-14-27-22(28-15-20)17-11-18(25)13-19(26)12-17;/h2-6,11-15,21H,7-10H2,1H3,(H,29,33);1H4. The molecule has 3 aromatic rings. The van der Waals surface area contributed by atoms with Crippen LogP contribution in [0.1, 0.15) is 30.6 Å². The highest BCUT2D eigenvalue weighted by Gasteiger charge is 2.28. The number of urea groups is 1. The van der Waals surface area contributed by atoms with Gasteiger partial charge in [0.25, 0.3) is 5.91 Å². The smallest absolute Gasteiger partial charge is 0.321 e. The van der Waals surface area contributed by atoms with Crippen LogP contribution in [-0.4, -0.2) is 57.9 Å². The van der Waals surface area contributed by atoms with Crippen molar-refractivity contribution in [2.75, 3.05) is 25.5 Å². The Labute approximate surface area is 197 Å². The Morgan fingerprint density at radius 3 is 2.18 bits per heavy atom. The molecule has 2 aromatic carbocycles. The first kappa shape index (κ1) is 24.8. The first-order valence-electron chi connectivity index (χ1n) is 10.6. The Morgan fingerprint density at radius 1 is 1.00 bits per heavy atom. The van der Waals surface area contributed by atoms with E-state index in [2.05, 4.69) is 15.3 Å². The topological polar surface area (TPSA) is 78.4 Å². The van der Waals surface area contributed by atoms with Crippen molar-refractivity contribution in [1.82, 2.24) is 19.8 Å². The summed E-state index contributed by atoms with van der Waals surface area (Å²) >= 11 is 0. The minimum absolute atomic E-state index is 0. The number of halogens is 2. The lowest BCUT2D eigenvalue weighted by atomic mass is 10.0. The average molecular weight is 468 g/mol. The highest BCUT2D eigenvalue weighted by atomic mass is 19.1. The Bertz CT molecular complexity index is 1110. The first-order chi connectivity index (χ1) is 15.9. The van der Waals surface area contributed by atoms with Crippen molar-refractivity contribution < 1.29 is 18.4 Å². The van der Waals surface area contributed by atoms with Crippen LogP contribution in [0.5, 0.6) is 0 Å². The van der Waals surface area contributed by atoms with E-state index in [0.717, 1.165) is 18.2 Å². The third-order valence-corrected chi connectivity index (χ3v) is 5.66. The molecule has 7 nitrogen and oxygen atoms in total. The van der Waals surface area contributed by atoms with Crippen LogP contribution in [-0.2, 0) is 0 Å². The summed E-state index contributed by atoms with van der Waals surface area (Å²) in [6, 6.07) is 11.9. The maximum absolute atomic E-state index is 13.4. The maximum atomic E-state index is 13.4. The zero-order valence-corrected chi connectivity index (χ0v) is 18.0. The Balaban J connectivity index is 0.00000324. The number of piperidine rings is 1. The van der Waals surface area contributed by atoms with E-state index in [-0.39, 0.29) is 36.8 Å². The molecule has 34 heavy (non-hydrogen) atoms. The third-order valence-electron chi connectivity index (χ3n) is 5.66. The lowest BCUT2D eigenvalue weighted by molar-refractivity contribution is 0.0671. The van der Waals surface area contributed by atoms with Gasteiger partial charge in [-0.15, -0.1) is 0 Å². The van der Waals surface area contributed by atoms with Gasteiger partial charge >= 0.3 is 6.03 Å². The normalized spacial score (nSPS) is 13.7. The molecule has 0 saturated carbocycles. The summed E-state index contributed by atoms with van der Waals surface area (Å²) in [5, 5.41) is 2.73. The number of nitrogens with one attached hydrogen (secondary N) is 1. The summed E-state index contributed by atoms with van der Waals surface area (Å²) in [7, 11) is 1.71. The van der Waals surface area contributed by atoms with E-state index in [1.54, 1.807) is 29.0 Å².